The van der Waals surface area contributed by atoms with Gasteiger partial charge in [0.2, 0.25) is 5.91 Å². The maximum atomic E-state index is 14.5. The molecular weight excluding hydrogens is 418 g/mol. The molecule has 2 amide bonds. The van der Waals surface area contributed by atoms with Crippen LogP contribution in [0.5, 0.6) is 0 Å². The quantitative estimate of drug-likeness (QED) is 0.733. The van der Waals surface area contributed by atoms with Crippen LogP contribution in [0, 0.1) is 17.7 Å². The lowest BCUT2D eigenvalue weighted by Gasteiger charge is -2.48. The van der Waals surface area contributed by atoms with Crippen LogP contribution in [0.1, 0.15) is 30.4 Å². The highest BCUT2D eigenvalue weighted by Gasteiger charge is 2.54. The standard InChI is InChI=1S/C19H18F6N2O3/c20-14-2-1-12(3-13(14)19(23,24)25)18(21,22)4-10-7-27(8-10)15(28)11-5-17(6-11)9-30-16(29)26-17/h1-3,10-11H,4-9H2,(H,26,29)/t11-,17-. The fourth-order valence-corrected chi connectivity index (χ4v) is 4.36. The molecular formula is C19H18F6N2O3. The van der Waals surface area contributed by atoms with Gasteiger partial charge in [0.15, 0.2) is 0 Å². The number of cyclic esters (lactones) is 1. The van der Waals surface area contributed by atoms with Crippen LogP contribution in [0.3, 0.4) is 0 Å². The van der Waals surface area contributed by atoms with Crippen LogP contribution in [0.15, 0.2) is 18.2 Å². The number of nitrogens with zero attached hydrogens (tertiary/aromatic N) is 1. The molecule has 1 aromatic carbocycles. The predicted octanol–water partition coefficient (Wildman–Crippen LogP) is 3.67. The number of hydrogen-bond donors (Lipinski definition) is 1. The number of halogens is 6. The SMILES string of the molecule is O=C1N[C@]2(CO1)C[C@@H](C(=O)N1CC(CC(F)(F)c3ccc(F)c(C(F)(F)F)c3)C1)C2. The Morgan fingerprint density at radius 3 is 2.43 bits per heavy atom. The van der Waals surface area contributed by atoms with Gasteiger partial charge in [-0.25, -0.2) is 18.0 Å². The topological polar surface area (TPSA) is 58.6 Å². The molecule has 2 heterocycles. The Balaban J connectivity index is 1.31. The fourth-order valence-electron chi connectivity index (χ4n) is 4.36. The van der Waals surface area contributed by atoms with Gasteiger partial charge in [-0.05, 0) is 25.0 Å². The maximum Gasteiger partial charge on any atom is 0.419 e. The van der Waals surface area contributed by atoms with Gasteiger partial charge >= 0.3 is 12.3 Å². The highest BCUT2D eigenvalue weighted by Crippen LogP contribution is 2.44. The molecule has 0 atom stereocenters. The Morgan fingerprint density at radius 2 is 1.87 bits per heavy atom. The molecule has 1 spiro atoms. The van der Waals surface area contributed by atoms with Gasteiger partial charge in [0, 0.05) is 36.9 Å². The van der Waals surface area contributed by atoms with E-state index in [2.05, 4.69) is 5.32 Å². The summed E-state index contributed by atoms with van der Waals surface area (Å²) < 4.78 is 85.5. The Hall–Kier alpha value is -2.46. The number of ether oxygens (including phenoxy) is 1. The van der Waals surface area contributed by atoms with Gasteiger partial charge < -0.3 is 15.0 Å². The van der Waals surface area contributed by atoms with Crippen molar-refractivity contribution in [2.75, 3.05) is 19.7 Å². The van der Waals surface area contributed by atoms with Crippen LogP contribution in [0.4, 0.5) is 31.1 Å². The number of alkyl halides is 5. The van der Waals surface area contributed by atoms with Crippen molar-refractivity contribution >= 4 is 12.0 Å². The third kappa shape index (κ3) is 3.69. The Kier molecular flexibility index (Phi) is 4.70. The van der Waals surface area contributed by atoms with E-state index in [-0.39, 0.29) is 37.6 Å². The largest absolute Gasteiger partial charge is 0.447 e. The minimum Gasteiger partial charge on any atom is -0.447 e. The smallest absolute Gasteiger partial charge is 0.419 e. The summed E-state index contributed by atoms with van der Waals surface area (Å²) in [5, 5.41) is 2.67. The van der Waals surface area contributed by atoms with Crippen molar-refractivity contribution in [1.82, 2.24) is 10.2 Å². The zero-order valence-corrected chi connectivity index (χ0v) is 15.6. The molecule has 1 N–H and O–H groups in total. The first-order valence-electron chi connectivity index (χ1n) is 9.37. The Labute approximate surface area is 167 Å². The number of carbonyl (C=O) groups is 2. The predicted molar refractivity (Wildman–Crippen MR) is 89.9 cm³/mol. The Morgan fingerprint density at radius 1 is 1.20 bits per heavy atom. The van der Waals surface area contributed by atoms with E-state index in [1.807, 2.05) is 0 Å². The summed E-state index contributed by atoms with van der Waals surface area (Å²) in [5.74, 6) is -6.28. The summed E-state index contributed by atoms with van der Waals surface area (Å²) in [6.45, 7) is 0.351. The lowest BCUT2D eigenvalue weighted by molar-refractivity contribution is -0.151. The second-order valence-corrected chi connectivity index (χ2v) is 8.30. The summed E-state index contributed by atoms with van der Waals surface area (Å²) in [7, 11) is 0. The zero-order chi connectivity index (χ0) is 21.9. The molecule has 0 unspecified atom stereocenters. The molecule has 0 radical (unpaired) electrons. The number of nitrogens with one attached hydrogen (secondary N) is 1. The molecule has 2 aliphatic heterocycles. The summed E-state index contributed by atoms with van der Waals surface area (Å²) in [4.78, 5) is 25.0. The molecule has 164 valence electrons. The number of amides is 2. The van der Waals surface area contributed by atoms with Crippen LogP contribution >= 0.6 is 0 Å². The normalized spacial score (nSPS) is 26.8. The van der Waals surface area contributed by atoms with Gasteiger partial charge in [0.1, 0.15) is 12.4 Å². The van der Waals surface area contributed by atoms with Crippen molar-refractivity contribution in [1.29, 1.82) is 0 Å². The summed E-state index contributed by atoms with van der Waals surface area (Å²) in [6.07, 6.45) is -5.49. The summed E-state index contributed by atoms with van der Waals surface area (Å²) >= 11 is 0. The van der Waals surface area contributed by atoms with E-state index in [4.69, 9.17) is 4.74 Å². The first-order valence-corrected chi connectivity index (χ1v) is 9.37. The van der Waals surface area contributed by atoms with Gasteiger partial charge in [0.25, 0.3) is 5.92 Å². The monoisotopic (exact) mass is 436 g/mol. The number of hydrogen-bond acceptors (Lipinski definition) is 3. The first kappa shape index (κ1) is 20.8. The van der Waals surface area contributed by atoms with E-state index in [0.717, 1.165) is 0 Å². The van der Waals surface area contributed by atoms with E-state index in [0.29, 0.717) is 25.0 Å². The number of rotatable bonds is 4. The van der Waals surface area contributed by atoms with Gasteiger partial charge in [0.05, 0.1) is 11.1 Å². The molecule has 1 aromatic rings. The van der Waals surface area contributed by atoms with Crippen molar-refractivity contribution in [2.24, 2.45) is 11.8 Å². The average molecular weight is 436 g/mol. The van der Waals surface area contributed by atoms with Gasteiger partial charge in [-0.2, -0.15) is 13.2 Å². The van der Waals surface area contributed by atoms with E-state index in [1.54, 1.807) is 0 Å². The van der Waals surface area contributed by atoms with Crippen molar-refractivity contribution in [3.63, 3.8) is 0 Å². The summed E-state index contributed by atoms with van der Waals surface area (Å²) in [5.41, 5.74) is -3.15. The van der Waals surface area contributed by atoms with Crippen molar-refractivity contribution in [3.8, 4) is 0 Å². The molecule has 1 saturated carbocycles. The second-order valence-electron chi connectivity index (χ2n) is 8.30. The van der Waals surface area contributed by atoms with E-state index < -0.39 is 53.0 Å². The molecule has 0 aromatic heterocycles. The van der Waals surface area contributed by atoms with Crippen molar-refractivity contribution in [2.45, 2.75) is 36.9 Å². The molecule has 0 bridgehead atoms. The minimum absolute atomic E-state index is 0.0775. The molecule has 4 rings (SSSR count). The van der Waals surface area contributed by atoms with Crippen molar-refractivity contribution < 1.29 is 40.7 Å². The van der Waals surface area contributed by atoms with Gasteiger partial charge in [-0.1, -0.05) is 6.07 Å². The van der Waals surface area contributed by atoms with Crippen LogP contribution in [0.25, 0.3) is 0 Å². The molecule has 5 nitrogen and oxygen atoms in total. The van der Waals surface area contributed by atoms with Gasteiger partial charge in [-0.3, -0.25) is 4.79 Å². The maximum absolute atomic E-state index is 14.5. The van der Waals surface area contributed by atoms with E-state index in [1.165, 1.54) is 4.90 Å². The lowest BCUT2D eigenvalue weighted by Crippen LogP contribution is -2.61. The average Bonchev–Trinajstić information content (AvgIpc) is 2.97. The number of carbonyl (C=O) groups excluding carboxylic acids is 2. The van der Waals surface area contributed by atoms with E-state index in [9.17, 15) is 35.9 Å². The second kappa shape index (κ2) is 6.78. The Bertz CT molecular complexity index is 876. The molecule has 2 saturated heterocycles. The number of alkyl carbamates (subject to hydrolysis) is 1. The highest BCUT2D eigenvalue weighted by molar-refractivity contribution is 5.82. The van der Waals surface area contributed by atoms with Crippen molar-refractivity contribution in [3.05, 3.63) is 35.1 Å². The third-order valence-corrected chi connectivity index (χ3v) is 5.98. The van der Waals surface area contributed by atoms with Crippen LogP contribution in [-0.2, 0) is 21.6 Å². The molecule has 1 aliphatic carbocycles. The molecule has 11 heteroatoms. The van der Waals surface area contributed by atoms with E-state index >= 15 is 0 Å². The van der Waals surface area contributed by atoms with Crippen LogP contribution in [0.2, 0.25) is 0 Å². The number of benzene rings is 1. The van der Waals surface area contributed by atoms with Crippen LogP contribution in [-0.4, -0.2) is 42.1 Å². The summed E-state index contributed by atoms with van der Waals surface area (Å²) in [6, 6.07) is 1.18. The minimum atomic E-state index is -5.07. The third-order valence-electron chi connectivity index (χ3n) is 5.98. The fraction of sp³-hybridized carbons (Fsp3) is 0.579. The zero-order valence-electron chi connectivity index (χ0n) is 15.6. The molecule has 3 aliphatic rings. The lowest BCUT2D eigenvalue weighted by atomic mass is 9.68. The van der Waals surface area contributed by atoms with Gasteiger partial charge in [-0.15, -0.1) is 0 Å². The van der Waals surface area contributed by atoms with Crippen LogP contribution < -0.4 is 5.32 Å². The number of likely N-dealkylation sites (tertiary alicyclic amines) is 1. The molecule has 30 heavy (non-hydrogen) atoms. The molecule has 3 fully saturated rings. The highest BCUT2D eigenvalue weighted by atomic mass is 19.4. The first-order chi connectivity index (χ1) is 13.9.